The Balaban J connectivity index is 1.26. The Kier molecular flexibility index (Phi) is 14.7. The third-order valence-electron chi connectivity index (χ3n) is 8.42. The van der Waals surface area contributed by atoms with Gasteiger partial charge in [-0.15, -0.1) is 0 Å². The molecule has 5 N–H and O–H groups in total. The first-order chi connectivity index (χ1) is 25.8. The first kappa shape index (κ1) is 39.4. The zero-order valence-corrected chi connectivity index (χ0v) is 29.7. The smallest absolute Gasteiger partial charge is 0.323 e. The van der Waals surface area contributed by atoms with Gasteiger partial charge < -0.3 is 34.6 Å². The Labute approximate surface area is 310 Å². The maximum atomic E-state index is 15.9. The van der Waals surface area contributed by atoms with Gasteiger partial charge in [-0.1, -0.05) is 48.0 Å². The SMILES string of the molecule is O=C(O)C(CO)NCc1cc(Cl)c(OCc2cccc(-c3cccc(OCCCCN(CCO)CCO)c3)c2F)cc1OCc1ccc2nonc2c1. The van der Waals surface area contributed by atoms with Gasteiger partial charge in [0.15, 0.2) is 0 Å². The van der Waals surface area contributed by atoms with Gasteiger partial charge in [-0.2, -0.15) is 0 Å². The van der Waals surface area contributed by atoms with Gasteiger partial charge in [0, 0.05) is 42.4 Å². The lowest BCUT2D eigenvalue weighted by Crippen LogP contribution is -2.39. The maximum Gasteiger partial charge on any atom is 0.323 e. The first-order valence-electron chi connectivity index (χ1n) is 17.1. The monoisotopic (exact) mass is 752 g/mol. The molecule has 0 amide bonds. The molecule has 0 bridgehead atoms. The van der Waals surface area contributed by atoms with E-state index in [1.165, 1.54) is 0 Å². The van der Waals surface area contributed by atoms with Crippen molar-refractivity contribution in [2.75, 3.05) is 46.1 Å². The molecular formula is C38H42ClFN4O9. The van der Waals surface area contributed by atoms with Crippen LogP contribution in [0.1, 0.15) is 29.5 Å². The third kappa shape index (κ3) is 11.1. The number of aromatic nitrogens is 2. The Morgan fingerprint density at radius 3 is 2.40 bits per heavy atom. The number of aliphatic carboxylic acids is 1. The minimum atomic E-state index is -1.22. The molecule has 53 heavy (non-hydrogen) atoms. The highest BCUT2D eigenvalue weighted by molar-refractivity contribution is 6.32. The highest BCUT2D eigenvalue weighted by atomic mass is 35.5. The second-order valence-corrected chi connectivity index (χ2v) is 12.6. The van der Waals surface area contributed by atoms with E-state index in [2.05, 4.69) is 15.6 Å². The number of hydrogen-bond donors (Lipinski definition) is 5. The van der Waals surface area contributed by atoms with Crippen molar-refractivity contribution in [2.45, 2.75) is 38.6 Å². The zero-order valence-electron chi connectivity index (χ0n) is 28.9. The standard InChI is InChI=1S/C38H42ClFN4O9/c39-31-19-28(21-41-34(22-47)38(48)49)35(51-23-25-9-10-32-33(17-25)43-53-42-32)20-36(31)52-24-27-6-4-8-30(37(27)40)26-5-3-7-29(18-26)50-16-2-1-11-44(12-14-45)13-15-46/h3-10,17-20,34,41,45-47H,1-2,11-16,21-24H2,(H,48,49). The Hall–Kier alpha value is -4.83. The summed E-state index contributed by atoms with van der Waals surface area (Å²) in [6.07, 6.45) is 1.60. The summed E-state index contributed by atoms with van der Waals surface area (Å²) in [6.45, 7) is 1.63. The number of carboxylic acids is 1. The maximum absolute atomic E-state index is 15.9. The molecule has 4 aromatic carbocycles. The normalized spacial score (nSPS) is 12.0. The number of hydrogen-bond acceptors (Lipinski definition) is 12. The van der Waals surface area contributed by atoms with Gasteiger partial charge in [-0.05, 0) is 71.2 Å². The minimum absolute atomic E-state index is 0.00636. The second-order valence-electron chi connectivity index (χ2n) is 12.2. The molecule has 0 aliphatic carbocycles. The number of benzene rings is 4. The van der Waals surface area contributed by atoms with Crippen LogP contribution in [0.2, 0.25) is 5.02 Å². The van der Waals surface area contributed by atoms with Crippen molar-refractivity contribution >= 4 is 28.6 Å². The number of unbranched alkanes of at least 4 members (excludes halogenated alkanes) is 1. The molecule has 13 nitrogen and oxygen atoms in total. The average Bonchev–Trinajstić information content (AvgIpc) is 3.63. The number of rotatable bonds is 22. The summed E-state index contributed by atoms with van der Waals surface area (Å²) in [5.74, 6) is -0.531. The van der Waals surface area contributed by atoms with Crippen LogP contribution in [0.3, 0.4) is 0 Å². The number of aliphatic hydroxyl groups is 3. The molecule has 1 aromatic heterocycles. The van der Waals surface area contributed by atoms with Gasteiger partial charge >= 0.3 is 5.97 Å². The number of halogens is 2. The van der Waals surface area contributed by atoms with Gasteiger partial charge in [0.05, 0.1) is 31.5 Å². The van der Waals surface area contributed by atoms with E-state index in [4.69, 9.17) is 30.4 Å². The summed E-state index contributed by atoms with van der Waals surface area (Å²) in [4.78, 5) is 13.5. The van der Waals surface area contributed by atoms with Gasteiger partial charge in [0.1, 0.15) is 53.4 Å². The van der Waals surface area contributed by atoms with Crippen molar-refractivity contribution in [1.29, 1.82) is 0 Å². The van der Waals surface area contributed by atoms with Crippen LogP contribution in [0.15, 0.2) is 77.4 Å². The molecule has 1 atom stereocenters. The van der Waals surface area contributed by atoms with Crippen molar-refractivity contribution in [2.24, 2.45) is 0 Å². The number of carbonyl (C=O) groups is 1. The number of nitrogens with zero attached hydrogens (tertiary/aromatic N) is 3. The van der Waals surface area contributed by atoms with Crippen LogP contribution in [0.5, 0.6) is 17.2 Å². The van der Waals surface area contributed by atoms with Crippen LogP contribution in [0.25, 0.3) is 22.2 Å². The molecule has 0 aliphatic rings. The highest BCUT2D eigenvalue weighted by Crippen LogP contribution is 2.35. The molecule has 282 valence electrons. The third-order valence-corrected chi connectivity index (χ3v) is 8.72. The summed E-state index contributed by atoms with van der Waals surface area (Å²) in [5, 5.41) is 47.8. The van der Waals surface area contributed by atoms with Crippen molar-refractivity contribution in [3.8, 4) is 28.4 Å². The van der Waals surface area contributed by atoms with Crippen molar-refractivity contribution in [1.82, 2.24) is 20.5 Å². The summed E-state index contributed by atoms with van der Waals surface area (Å²) in [6, 6.07) is 19.5. The predicted molar refractivity (Wildman–Crippen MR) is 194 cm³/mol. The van der Waals surface area contributed by atoms with E-state index in [0.717, 1.165) is 24.9 Å². The molecule has 0 saturated carbocycles. The molecule has 5 rings (SSSR count). The number of nitrogens with one attached hydrogen (secondary N) is 1. The van der Waals surface area contributed by atoms with Gasteiger partial charge in [0.2, 0.25) is 0 Å². The molecule has 1 unspecified atom stereocenters. The molecule has 0 spiro atoms. The number of fused-ring (bicyclic) bond motifs is 1. The van der Waals surface area contributed by atoms with E-state index in [1.807, 2.05) is 11.0 Å². The molecule has 1 heterocycles. The van der Waals surface area contributed by atoms with E-state index < -0.39 is 24.4 Å². The minimum Gasteiger partial charge on any atom is -0.494 e. The molecule has 5 aromatic rings. The van der Waals surface area contributed by atoms with E-state index in [0.29, 0.717) is 58.9 Å². The zero-order chi connectivity index (χ0) is 37.6. The molecule has 0 radical (unpaired) electrons. The van der Waals surface area contributed by atoms with E-state index in [1.54, 1.807) is 66.7 Å². The Morgan fingerprint density at radius 2 is 1.62 bits per heavy atom. The quantitative estimate of drug-likeness (QED) is 0.0608. The second kappa shape index (κ2) is 19.9. The Morgan fingerprint density at radius 1 is 0.849 bits per heavy atom. The van der Waals surface area contributed by atoms with E-state index in [9.17, 15) is 25.2 Å². The fraction of sp³-hybridized carbons (Fsp3) is 0.342. The Bertz CT molecular complexity index is 1940. The lowest BCUT2D eigenvalue weighted by atomic mass is 10.0. The summed E-state index contributed by atoms with van der Waals surface area (Å²) < 4.78 is 38.8. The molecule has 0 saturated heterocycles. The van der Waals surface area contributed by atoms with Crippen LogP contribution in [-0.4, -0.2) is 93.7 Å². The van der Waals surface area contributed by atoms with Crippen LogP contribution in [0, 0.1) is 5.82 Å². The van der Waals surface area contributed by atoms with Crippen molar-refractivity contribution in [3.05, 3.63) is 100 Å². The summed E-state index contributed by atoms with van der Waals surface area (Å²) in [7, 11) is 0. The van der Waals surface area contributed by atoms with Crippen LogP contribution < -0.4 is 19.5 Å². The van der Waals surface area contributed by atoms with Crippen LogP contribution in [0.4, 0.5) is 4.39 Å². The lowest BCUT2D eigenvalue weighted by Gasteiger charge is -2.19. The summed E-state index contributed by atoms with van der Waals surface area (Å²) in [5.41, 5.74) is 3.70. The number of carboxylic acid groups (broad SMARTS) is 1. The fourth-order valence-electron chi connectivity index (χ4n) is 5.57. The molecule has 0 aliphatic heterocycles. The fourth-order valence-corrected chi connectivity index (χ4v) is 5.81. The molecule has 15 heteroatoms. The number of aliphatic hydroxyl groups excluding tert-OH is 3. The van der Waals surface area contributed by atoms with E-state index in [-0.39, 0.29) is 49.3 Å². The van der Waals surface area contributed by atoms with Crippen LogP contribution >= 0.6 is 11.6 Å². The molecule has 0 fully saturated rings. The van der Waals surface area contributed by atoms with Gasteiger partial charge in [-0.25, -0.2) is 9.02 Å². The van der Waals surface area contributed by atoms with Crippen molar-refractivity contribution in [3.63, 3.8) is 0 Å². The van der Waals surface area contributed by atoms with Gasteiger partial charge in [0.25, 0.3) is 0 Å². The largest absolute Gasteiger partial charge is 0.494 e. The highest BCUT2D eigenvalue weighted by Gasteiger charge is 2.19. The van der Waals surface area contributed by atoms with E-state index >= 15 is 4.39 Å². The van der Waals surface area contributed by atoms with Crippen LogP contribution in [-0.2, 0) is 24.6 Å². The molecular weight excluding hydrogens is 711 g/mol. The van der Waals surface area contributed by atoms with Gasteiger partial charge in [-0.3, -0.25) is 15.0 Å². The topological polar surface area (TPSA) is 180 Å². The first-order valence-corrected chi connectivity index (χ1v) is 17.5. The van der Waals surface area contributed by atoms with Crippen molar-refractivity contribution < 1.29 is 48.5 Å². The average molecular weight is 753 g/mol. The summed E-state index contributed by atoms with van der Waals surface area (Å²) >= 11 is 6.61. The number of ether oxygens (including phenoxy) is 3. The lowest BCUT2D eigenvalue weighted by molar-refractivity contribution is -0.140. The predicted octanol–water partition coefficient (Wildman–Crippen LogP) is 4.82.